The second-order valence-electron chi connectivity index (χ2n) is 1.10. The number of hydrogen-bond acceptors (Lipinski definition) is 1. The summed E-state index contributed by atoms with van der Waals surface area (Å²) in [7, 11) is 0. The maximum Gasteiger partial charge on any atom is 0.446 e. The smallest absolute Gasteiger partial charge is 0.198 e. The number of hydrogen-bond donors (Lipinski definition) is 1. The molecule has 9 heavy (non-hydrogen) atoms. The molecule has 6 heteroatoms. The molecule has 0 bridgehead atoms. The van der Waals surface area contributed by atoms with Crippen LogP contribution in [-0.4, -0.2) is 6.18 Å². The highest BCUT2D eigenvalue weighted by atomic mass is 32.1. The maximum atomic E-state index is 11.3. The first-order valence-electron chi connectivity index (χ1n) is 1.67. The van der Waals surface area contributed by atoms with Crippen molar-refractivity contribution in [3.63, 3.8) is 0 Å². The molecule has 0 aliphatic heterocycles. The van der Waals surface area contributed by atoms with E-state index in [1.54, 1.807) is 0 Å². The lowest BCUT2D eigenvalue weighted by Gasteiger charge is -2.00. The summed E-state index contributed by atoms with van der Waals surface area (Å²) < 4.78 is 55.5. The van der Waals surface area contributed by atoms with Crippen LogP contribution >= 0.6 is 12.6 Å². The average Bonchev–Trinajstić information content (AvgIpc) is 1.62. The molecule has 0 spiro atoms. The van der Waals surface area contributed by atoms with E-state index in [2.05, 4.69) is 12.6 Å². The standard InChI is InChI=1S/C3HF5S/c4-1(2(5)9)3(6,7)8/h9H/b2-1-. The summed E-state index contributed by atoms with van der Waals surface area (Å²) in [5.74, 6) is -2.80. The monoisotopic (exact) mass is 164 g/mol. The van der Waals surface area contributed by atoms with Gasteiger partial charge >= 0.3 is 6.18 Å². The fourth-order valence-electron chi connectivity index (χ4n) is 0.117. The van der Waals surface area contributed by atoms with E-state index in [0.717, 1.165) is 0 Å². The van der Waals surface area contributed by atoms with Crippen LogP contribution in [0.2, 0.25) is 0 Å². The van der Waals surface area contributed by atoms with Crippen LogP contribution < -0.4 is 0 Å². The quantitative estimate of drug-likeness (QED) is 0.413. The van der Waals surface area contributed by atoms with Crippen molar-refractivity contribution in [1.29, 1.82) is 0 Å². The molecular weight excluding hydrogens is 163 g/mol. The van der Waals surface area contributed by atoms with E-state index in [-0.39, 0.29) is 0 Å². The summed E-state index contributed by atoms with van der Waals surface area (Å²) in [6.07, 6.45) is -5.26. The second kappa shape index (κ2) is 2.55. The van der Waals surface area contributed by atoms with Crippen LogP contribution in [-0.2, 0) is 0 Å². The Hall–Kier alpha value is -0.260. The summed E-state index contributed by atoms with van der Waals surface area (Å²) in [5.41, 5.74) is 0. The number of rotatable bonds is 0. The fourth-order valence-corrected chi connectivity index (χ4v) is 0.244. The fraction of sp³-hybridized carbons (Fsp3) is 0.333. The van der Waals surface area contributed by atoms with Gasteiger partial charge < -0.3 is 0 Å². The second-order valence-corrected chi connectivity index (χ2v) is 1.50. The summed E-state index contributed by atoms with van der Waals surface area (Å²) in [6.45, 7) is 0. The molecule has 0 aliphatic rings. The zero-order valence-corrected chi connectivity index (χ0v) is 4.73. The van der Waals surface area contributed by atoms with Gasteiger partial charge in [-0.3, -0.25) is 0 Å². The van der Waals surface area contributed by atoms with Crippen molar-refractivity contribution in [2.24, 2.45) is 0 Å². The summed E-state index contributed by atoms with van der Waals surface area (Å²) in [5, 5.41) is -2.15. The minimum atomic E-state index is -5.26. The normalized spacial score (nSPS) is 15.3. The molecule has 0 atom stereocenters. The van der Waals surface area contributed by atoms with E-state index >= 15 is 0 Å². The van der Waals surface area contributed by atoms with Crippen molar-refractivity contribution in [2.45, 2.75) is 6.18 Å². The third-order valence-corrected chi connectivity index (χ3v) is 0.626. The van der Waals surface area contributed by atoms with Gasteiger partial charge in [-0.1, -0.05) is 0 Å². The molecule has 0 radical (unpaired) electrons. The largest absolute Gasteiger partial charge is 0.446 e. The van der Waals surface area contributed by atoms with Crippen molar-refractivity contribution in [3.8, 4) is 0 Å². The number of thiol groups is 1. The molecule has 0 unspecified atom stereocenters. The molecule has 0 aromatic carbocycles. The van der Waals surface area contributed by atoms with E-state index in [9.17, 15) is 22.0 Å². The zero-order valence-electron chi connectivity index (χ0n) is 3.84. The van der Waals surface area contributed by atoms with Gasteiger partial charge in [-0.2, -0.15) is 22.0 Å². The van der Waals surface area contributed by atoms with Gasteiger partial charge in [-0.05, 0) is 0 Å². The first-order valence-corrected chi connectivity index (χ1v) is 2.12. The Morgan fingerprint density at radius 2 is 1.44 bits per heavy atom. The highest BCUT2D eigenvalue weighted by Gasteiger charge is 2.37. The predicted molar refractivity (Wildman–Crippen MR) is 24.3 cm³/mol. The molecule has 0 N–H and O–H groups in total. The van der Waals surface area contributed by atoms with E-state index in [0.29, 0.717) is 0 Å². The third kappa shape index (κ3) is 2.69. The minimum absolute atomic E-state index is 2.15. The van der Waals surface area contributed by atoms with Crippen molar-refractivity contribution in [1.82, 2.24) is 0 Å². The Morgan fingerprint density at radius 3 is 1.44 bits per heavy atom. The Bertz CT molecular complexity index is 130. The molecule has 0 aliphatic carbocycles. The van der Waals surface area contributed by atoms with Crippen LogP contribution in [0.15, 0.2) is 11.0 Å². The van der Waals surface area contributed by atoms with E-state index < -0.39 is 17.2 Å². The van der Waals surface area contributed by atoms with Gasteiger partial charge in [-0.25, -0.2) is 0 Å². The number of alkyl halides is 3. The Morgan fingerprint density at radius 1 is 1.11 bits per heavy atom. The molecular formula is C3HF5S. The molecule has 0 saturated heterocycles. The zero-order chi connectivity index (χ0) is 7.65. The van der Waals surface area contributed by atoms with Gasteiger partial charge in [-0.15, -0.1) is 12.6 Å². The van der Waals surface area contributed by atoms with Gasteiger partial charge in [0.25, 0.3) is 0 Å². The number of allylic oxidation sites excluding steroid dienone is 1. The van der Waals surface area contributed by atoms with Crippen LogP contribution in [0.25, 0.3) is 0 Å². The molecule has 0 heterocycles. The van der Waals surface area contributed by atoms with Gasteiger partial charge in [0.2, 0.25) is 5.83 Å². The van der Waals surface area contributed by atoms with Crippen molar-refractivity contribution in [3.05, 3.63) is 11.0 Å². The summed E-state index contributed by atoms with van der Waals surface area (Å²) in [6, 6.07) is 0. The van der Waals surface area contributed by atoms with Crippen LogP contribution in [0.3, 0.4) is 0 Å². The predicted octanol–water partition coefficient (Wildman–Crippen LogP) is 2.59. The summed E-state index contributed by atoms with van der Waals surface area (Å²) in [4.78, 5) is 0. The Kier molecular flexibility index (Phi) is 2.48. The van der Waals surface area contributed by atoms with E-state index in [4.69, 9.17) is 0 Å². The van der Waals surface area contributed by atoms with Gasteiger partial charge in [0.1, 0.15) is 0 Å². The van der Waals surface area contributed by atoms with Gasteiger partial charge in [0.05, 0.1) is 0 Å². The van der Waals surface area contributed by atoms with Crippen molar-refractivity contribution >= 4 is 12.6 Å². The number of halogens is 5. The highest BCUT2D eigenvalue weighted by Crippen LogP contribution is 2.30. The van der Waals surface area contributed by atoms with Crippen LogP contribution in [0, 0.1) is 0 Å². The lowest BCUT2D eigenvalue weighted by molar-refractivity contribution is -0.110. The Balaban J connectivity index is 4.40. The first kappa shape index (κ1) is 8.74. The SMILES string of the molecule is F/C(S)=C(/F)C(F)(F)F. The lowest BCUT2D eigenvalue weighted by Crippen LogP contribution is -2.08. The molecule has 0 nitrogen and oxygen atoms in total. The minimum Gasteiger partial charge on any atom is -0.198 e. The lowest BCUT2D eigenvalue weighted by atomic mass is 10.6. The molecule has 0 amide bonds. The molecule has 0 aromatic rings. The molecule has 0 aromatic heterocycles. The van der Waals surface area contributed by atoms with Gasteiger partial charge in [0, 0.05) is 0 Å². The third-order valence-electron chi connectivity index (χ3n) is 0.430. The molecule has 0 fully saturated rings. The molecule has 0 rings (SSSR count). The van der Waals surface area contributed by atoms with Crippen molar-refractivity contribution in [2.75, 3.05) is 0 Å². The van der Waals surface area contributed by atoms with Gasteiger partial charge in [0.15, 0.2) is 5.16 Å². The topological polar surface area (TPSA) is 0 Å². The average molecular weight is 164 g/mol. The highest BCUT2D eigenvalue weighted by molar-refractivity contribution is 7.84. The first-order chi connectivity index (χ1) is 3.85. The molecule has 54 valence electrons. The van der Waals surface area contributed by atoms with Crippen LogP contribution in [0.1, 0.15) is 0 Å². The summed E-state index contributed by atoms with van der Waals surface area (Å²) >= 11 is 2.50. The maximum absolute atomic E-state index is 11.3. The van der Waals surface area contributed by atoms with Crippen molar-refractivity contribution < 1.29 is 22.0 Å². The van der Waals surface area contributed by atoms with Crippen LogP contribution in [0.5, 0.6) is 0 Å². The van der Waals surface area contributed by atoms with Crippen LogP contribution in [0.4, 0.5) is 22.0 Å². The Labute approximate surface area is 52.8 Å². The van der Waals surface area contributed by atoms with E-state index in [1.165, 1.54) is 0 Å². The van der Waals surface area contributed by atoms with E-state index in [1.807, 2.05) is 0 Å². The molecule has 0 saturated carbocycles.